The Kier molecular flexibility index (Phi) is 11.8. The van der Waals surface area contributed by atoms with Gasteiger partial charge in [0.05, 0.1) is 25.1 Å². The van der Waals surface area contributed by atoms with Crippen LogP contribution in [0.2, 0.25) is 0 Å². The SMILES string of the molecule is C=C(C)Cn1nc(C)c(CN(C)CCOc2ccccc2)c1C.O=C(O)CC(O)(CC(=O)O)C(=O)O. The van der Waals surface area contributed by atoms with E-state index in [0.717, 1.165) is 36.7 Å². The van der Waals surface area contributed by atoms with Crippen LogP contribution < -0.4 is 4.74 Å². The molecule has 36 heavy (non-hydrogen) atoms. The van der Waals surface area contributed by atoms with Crippen molar-refractivity contribution in [2.24, 2.45) is 0 Å². The Hall–Kier alpha value is -3.70. The Bertz CT molecular complexity index is 1030. The minimum absolute atomic E-state index is 0.679. The summed E-state index contributed by atoms with van der Waals surface area (Å²) in [5.74, 6) is -4.10. The molecule has 4 N–H and O–H groups in total. The Morgan fingerprint density at radius 1 is 1.08 bits per heavy atom. The highest BCUT2D eigenvalue weighted by atomic mass is 16.5. The molecule has 198 valence electrons. The number of allylic oxidation sites excluding steroid dienone is 1. The summed E-state index contributed by atoms with van der Waals surface area (Å²) in [6.07, 6.45) is -2.29. The van der Waals surface area contributed by atoms with Crippen molar-refractivity contribution in [2.45, 2.75) is 52.3 Å². The van der Waals surface area contributed by atoms with E-state index in [9.17, 15) is 14.4 Å². The van der Waals surface area contributed by atoms with E-state index in [1.165, 1.54) is 11.3 Å². The van der Waals surface area contributed by atoms with Crippen LogP contribution in [0, 0.1) is 13.8 Å². The molecule has 0 aliphatic heterocycles. The molecular formula is C25H35N3O8. The number of aryl methyl sites for hydroxylation is 1. The molecule has 0 aliphatic carbocycles. The summed E-state index contributed by atoms with van der Waals surface area (Å²) in [6, 6.07) is 9.93. The second-order valence-electron chi connectivity index (χ2n) is 8.64. The van der Waals surface area contributed by atoms with E-state index in [-0.39, 0.29) is 0 Å². The van der Waals surface area contributed by atoms with Gasteiger partial charge in [-0.05, 0) is 40.0 Å². The fourth-order valence-corrected chi connectivity index (χ4v) is 3.27. The van der Waals surface area contributed by atoms with Gasteiger partial charge in [0.2, 0.25) is 0 Å². The minimum Gasteiger partial charge on any atom is -0.492 e. The third kappa shape index (κ3) is 10.3. The lowest BCUT2D eigenvalue weighted by Gasteiger charge is -2.18. The average molecular weight is 506 g/mol. The maximum atomic E-state index is 10.3. The number of ether oxygens (including phenoxy) is 1. The normalized spacial score (nSPS) is 10.9. The molecule has 0 amide bonds. The van der Waals surface area contributed by atoms with Crippen LogP contribution in [0.4, 0.5) is 0 Å². The van der Waals surface area contributed by atoms with Crippen LogP contribution in [0.15, 0.2) is 42.5 Å². The van der Waals surface area contributed by atoms with Crippen LogP contribution >= 0.6 is 0 Å². The number of hydrogen-bond donors (Lipinski definition) is 4. The summed E-state index contributed by atoms with van der Waals surface area (Å²) in [5, 5.41) is 38.4. The van der Waals surface area contributed by atoms with Gasteiger partial charge in [0.1, 0.15) is 12.4 Å². The van der Waals surface area contributed by atoms with Gasteiger partial charge in [-0.15, -0.1) is 0 Å². The monoisotopic (exact) mass is 505 g/mol. The molecule has 0 aliphatic rings. The van der Waals surface area contributed by atoms with Crippen LogP contribution in [0.25, 0.3) is 0 Å². The molecule has 2 aromatic rings. The molecular weight excluding hydrogens is 470 g/mol. The first kappa shape index (κ1) is 30.3. The Morgan fingerprint density at radius 3 is 2.11 bits per heavy atom. The molecule has 0 bridgehead atoms. The number of carboxylic acid groups (broad SMARTS) is 3. The number of aliphatic hydroxyl groups is 1. The van der Waals surface area contributed by atoms with Gasteiger partial charge in [-0.2, -0.15) is 5.10 Å². The quantitative estimate of drug-likeness (QED) is 0.297. The van der Waals surface area contributed by atoms with Crippen LogP contribution in [0.5, 0.6) is 5.75 Å². The number of nitrogens with zero attached hydrogens (tertiary/aromatic N) is 3. The van der Waals surface area contributed by atoms with Crippen molar-refractivity contribution in [3.8, 4) is 5.75 Å². The lowest BCUT2D eigenvalue weighted by Crippen LogP contribution is -2.42. The molecule has 11 heteroatoms. The summed E-state index contributed by atoms with van der Waals surface area (Å²) < 4.78 is 7.80. The van der Waals surface area contributed by atoms with Crippen molar-refractivity contribution in [1.29, 1.82) is 0 Å². The first-order valence-corrected chi connectivity index (χ1v) is 11.2. The first-order chi connectivity index (χ1) is 16.7. The topological polar surface area (TPSA) is 162 Å². The highest BCUT2D eigenvalue weighted by Gasteiger charge is 2.40. The van der Waals surface area contributed by atoms with E-state index < -0.39 is 36.4 Å². The van der Waals surface area contributed by atoms with Gasteiger partial charge >= 0.3 is 17.9 Å². The maximum Gasteiger partial charge on any atom is 0.336 e. The smallest absolute Gasteiger partial charge is 0.336 e. The second kappa shape index (κ2) is 14.0. The van der Waals surface area contributed by atoms with Gasteiger partial charge in [-0.1, -0.05) is 30.4 Å². The standard InChI is InChI=1S/C19H27N3O.C6H8O7/c1-15(2)13-22-17(4)19(16(3)20-22)14-21(5)11-12-23-18-9-7-6-8-10-18;7-3(8)1-6(13,5(11)12)2-4(9)10/h6-10H,1,11-14H2,2-5H3;13H,1-2H2,(H,7,8)(H,9,10)(H,11,12). The van der Waals surface area contributed by atoms with Gasteiger partial charge in [0.25, 0.3) is 0 Å². The van der Waals surface area contributed by atoms with Crippen LogP contribution in [-0.2, 0) is 27.5 Å². The molecule has 1 aromatic heterocycles. The predicted molar refractivity (Wildman–Crippen MR) is 132 cm³/mol. The number of aromatic nitrogens is 2. The fourth-order valence-electron chi connectivity index (χ4n) is 3.27. The Balaban J connectivity index is 0.000000426. The molecule has 1 heterocycles. The Morgan fingerprint density at radius 2 is 1.64 bits per heavy atom. The summed E-state index contributed by atoms with van der Waals surface area (Å²) in [6.45, 7) is 13.4. The van der Waals surface area contributed by atoms with E-state index in [4.69, 9.17) is 25.2 Å². The lowest BCUT2D eigenvalue weighted by molar-refractivity contribution is -0.170. The molecule has 2 rings (SSSR count). The minimum atomic E-state index is -2.74. The van der Waals surface area contributed by atoms with Crippen LogP contribution in [-0.4, -0.2) is 78.8 Å². The van der Waals surface area contributed by atoms with E-state index in [1.807, 2.05) is 41.9 Å². The average Bonchev–Trinajstić information content (AvgIpc) is 3.00. The van der Waals surface area contributed by atoms with Gasteiger partial charge in [0, 0.05) is 24.3 Å². The molecule has 1 aromatic carbocycles. The summed E-state index contributed by atoms with van der Waals surface area (Å²) in [4.78, 5) is 32.8. The van der Waals surface area contributed by atoms with Crippen LogP contribution in [0.1, 0.15) is 36.7 Å². The van der Waals surface area contributed by atoms with Gasteiger partial charge < -0.3 is 25.2 Å². The zero-order valence-corrected chi connectivity index (χ0v) is 21.1. The number of benzene rings is 1. The van der Waals surface area contributed by atoms with Gasteiger partial charge in [-0.3, -0.25) is 19.2 Å². The molecule has 0 saturated heterocycles. The fraction of sp³-hybridized carbons (Fsp3) is 0.440. The number of para-hydroxylation sites is 1. The molecule has 0 atom stereocenters. The van der Waals surface area contributed by atoms with Crippen molar-refractivity contribution in [3.05, 3.63) is 59.4 Å². The molecule has 0 unspecified atom stereocenters. The predicted octanol–water partition coefficient (Wildman–Crippen LogP) is 2.34. The number of likely N-dealkylation sites (N-methyl/N-ethyl adjacent to an activating group) is 1. The van der Waals surface area contributed by atoms with E-state index in [1.54, 1.807) is 0 Å². The van der Waals surface area contributed by atoms with Crippen molar-refractivity contribution >= 4 is 17.9 Å². The van der Waals surface area contributed by atoms with Crippen molar-refractivity contribution < 1.29 is 39.5 Å². The summed E-state index contributed by atoms with van der Waals surface area (Å²) in [5.41, 5.74) is 2.00. The van der Waals surface area contributed by atoms with Gasteiger partial charge in [-0.25, -0.2) is 4.79 Å². The van der Waals surface area contributed by atoms with E-state index >= 15 is 0 Å². The zero-order valence-electron chi connectivity index (χ0n) is 21.1. The van der Waals surface area contributed by atoms with Crippen molar-refractivity contribution in [3.63, 3.8) is 0 Å². The largest absolute Gasteiger partial charge is 0.492 e. The molecule has 0 radical (unpaired) electrons. The van der Waals surface area contributed by atoms with Gasteiger partial charge in [0.15, 0.2) is 5.60 Å². The van der Waals surface area contributed by atoms with E-state index in [2.05, 4.69) is 37.5 Å². The highest BCUT2D eigenvalue weighted by Crippen LogP contribution is 2.17. The van der Waals surface area contributed by atoms with Crippen LogP contribution in [0.3, 0.4) is 0 Å². The molecule has 0 spiro atoms. The highest BCUT2D eigenvalue weighted by molar-refractivity contribution is 5.88. The zero-order chi connectivity index (χ0) is 27.5. The first-order valence-electron chi connectivity index (χ1n) is 11.2. The molecule has 0 saturated carbocycles. The van der Waals surface area contributed by atoms with Crippen molar-refractivity contribution in [2.75, 3.05) is 20.2 Å². The van der Waals surface area contributed by atoms with E-state index in [0.29, 0.717) is 6.61 Å². The second-order valence-corrected chi connectivity index (χ2v) is 8.64. The Labute approximate surface area is 210 Å². The lowest BCUT2D eigenvalue weighted by atomic mass is 9.96. The van der Waals surface area contributed by atoms with Crippen molar-refractivity contribution in [1.82, 2.24) is 14.7 Å². The maximum absolute atomic E-state index is 10.3. The number of rotatable bonds is 13. The molecule has 11 nitrogen and oxygen atoms in total. The third-order valence-electron chi connectivity index (χ3n) is 5.15. The number of hydrogen-bond acceptors (Lipinski definition) is 7. The number of aliphatic carboxylic acids is 3. The number of carbonyl (C=O) groups is 3. The summed E-state index contributed by atoms with van der Waals surface area (Å²) in [7, 11) is 2.11. The summed E-state index contributed by atoms with van der Waals surface area (Å²) >= 11 is 0. The number of carboxylic acids is 3. The third-order valence-corrected chi connectivity index (χ3v) is 5.15. The molecule has 0 fully saturated rings.